The SMILES string of the molecule is CCCCCCCCCCOc1c(OCCCCCCCCCC)c2ccc(OCC=C(C)CCC=C(C)C)cc2oc1=O. The molecule has 1 aromatic heterocycles. The molecule has 0 aliphatic rings. The Bertz CT molecular complexity index is 1160. The summed E-state index contributed by atoms with van der Waals surface area (Å²) in [6.07, 6.45) is 25.9. The van der Waals surface area contributed by atoms with E-state index in [9.17, 15) is 4.79 Å². The lowest BCUT2D eigenvalue weighted by Crippen LogP contribution is -2.12. The second-order valence-electron chi connectivity index (χ2n) is 12.5. The first kappa shape index (κ1) is 37.5. The molecular weight excluding hydrogens is 548 g/mol. The molecule has 248 valence electrons. The summed E-state index contributed by atoms with van der Waals surface area (Å²) in [6, 6.07) is 5.62. The van der Waals surface area contributed by atoms with Gasteiger partial charge in [0.2, 0.25) is 5.75 Å². The highest BCUT2D eigenvalue weighted by Gasteiger charge is 2.18. The fraction of sp³-hybridized carbons (Fsp3) is 0.667. The first-order valence-corrected chi connectivity index (χ1v) is 17.7. The zero-order valence-electron chi connectivity index (χ0n) is 28.8. The highest BCUT2D eigenvalue weighted by Crippen LogP contribution is 2.35. The van der Waals surface area contributed by atoms with Crippen molar-refractivity contribution < 1.29 is 18.6 Å². The van der Waals surface area contributed by atoms with Crippen molar-refractivity contribution in [2.24, 2.45) is 0 Å². The van der Waals surface area contributed by atoms with Crippen LogP contribution in [-0.4, -0.2) is 19.8 Å². The van der Waals surface area contributed by atoms with Crippen molar-refractivity contribution in [2.75, 3.05) is 19.8 Å². The molecule has 0 aliphatic heterocycles. The van der Waals surface area contributed by atoms with Gasteiger partial charge >= 0.3 is 5.63 Å². The van der Waals surface area contributed by atoms with Crippen LogP contribution in [0.15, 0.2) is 50.7 Å². The normalized spacial score (nSPS) is 11.6. The van der Waals surface area contributed by atoms with Crippen LogP contribution in [0.3, 0.4) is 0 Å². The van der Waals surface area contributed by atoms with Gasteiger partial charge in [0, 0.05) is 6.07 Å². The molecule has 0 atom stereocenters. The Balaban J connectivity index is 2.03. The highest BCUT2D eigenvalue weighted by molar-refractivity contribution is 5.86. The van der Waals surface area contributed by atoms with Gasteiger partial charge in [-0.25, -0.2) is 4.79 Å². The van der Waals surface area contributed by atoms with Crippen molar-refractivity contribution in [1.82, 2.24) is 0 Å². The molecule has 2 rings (SSSR count). The maximum atomic E-state index is 13.1. The summed E-state index contributed by atoms with van der Waals surface area (Å²) < 4.78 is 24.1. The summed E-state index contributed by atoms with van der Waals surface area (Å²) in [5, 5.41) is 0.746. The summed E-state index contributed by atoms with van der Waals surface area (Å²) in [5.41, 5.74) is 2.61. The van der Waals surface area contributed by atoms with E-state index in [-0.39, 0.29) is 5.75 Å². The number of ether oxygens (including phenoxy) is 3. The molecule has 0 aliphatic carbocycles. The smallest absolute Gasteiger partial charge is 0.383 e. The van der Waals surface area contributed by atoms with Gasteiger partial charge in [0.15, 0.2) is 5.75 Å². The molecule has 0 N–H and O–H groups in total. The molecule has 0 bridgehead atoms. The van der Waals surface area contributed by atoms with Crippen molar-refractivity contribution in [3.63, 3.8) is 0 Å². The van der Waals surface area contributed by atoms with E-state index in [1.54, 1.807) is 6.07 Å². The monoisotopic (exact) mass is 610 g/mol. The fourth-order valence-electron chi connectivity index (χ4n) is 5.28. The number of hydrogen-bond donors (Lipinski definition) is 0. The van der Waals surface area contributed by atoms with Crippen molar-refractivity contribution in [1.29, 1.82) is 0 Å². The van der Waals surface area contributed by atoms with Gasteiger partial charge in [-0.15, -0.1) is 0 Å². The van der Waals surface area contributed by atoms with E-state index >= 15 is 0 Å². The van der Waals surface area contributed by atoms with Crippen molar-refractivity contribution in [2.45, 2.75) is 150 Å². The van der Waals surface area contributed by atoms with E-state index in [1.165, 1.54) is 88.2 Å². The molecule has 2 aromatic rings. The van der Waals surface area contributed by atoms with Crippen LogP contribution in [0.4, 0.5) is 0 Å². The number of hydrogen-bond acceptors (Lipinski definition) is 5. The average Bonchev–Trinajstić information content (AvgIpc) is 3.00. The Hall–Kier alpha value is -2.69. The van der Waals surface area contributed by atoms with Gasteiger partial charge in [-0.1, -0.05) is 121 Å². The summed E-state index contributed by atoms with van der Waals surface area (Å²) in [7, 11) is 0. The summed E-state index contributed by atoms with van der Waals surface area (Å²) >= 11 is 0. The molecule has 5 heteroatoms. The lowest BCUT2D eigenvalue weighted by Gasteiger charge is -2.14. The molecule has 0 saturated carbocycles. The van der Waals surface area contributed by atoms with Gasteiger partial charge in [-0.2, -0.15) is 0 Å². The van der Waals surface area contributed by atoms with E-state index < -0.39 is 5.63 Å². The Morgan fingerprint density at radius 3 is 1.80 bits per heavy atom. The minimum Gasteiger partial charge on any atom is -0.489 e. The molecular formula is C39H62O5. The highest BCUT2D eigenvalue weighted by atomic mass is 16.5. The summed E-state index contributed by atoms with van der Waals surface area (Å²) in [5.74, 6) is 1.36. The van der Waals surface area contributed by atoms with E-state index in [0.717, 1.165) is 43.9 Å². The van der Waals surface area contributed by atoms with E-state index in [1.807, 2.05) is 12.1 Å². The zero-order valence-corrected chi connectivity index (χ0v) is 28.8. The first-order chi connectivity index (χ1) is 21.5. The Morgan fingerprint density at radius 1 is 0.682 bits per heavy atom. The number of benzene rings is 1. The zero-order chi connectivity index (χ0) is 31.8. The van der Waals surface area contributed by atoms with Gasteiger partial charge in [0.05, 0.1) is 18.6 Å². The molecule has 0 spiro atoms. The molecule has 44 heavy (non-hydrogen) atoms. The second-order valence-corrected chi connectivity index (χ2v) is 12.5. The van der Waals surface area contributed by atoms with Crippen molar-refractivity contribution >= 4 is 11.0 Å². The average molecular weight is 611 g/mol. The molecule has 1 aromatic carbocycles. The van der Waals surface area contributed by atoms with Gasteiger partial charge in [-0.05, 0) is 64.7 Å². The summed E-state index contributed by atoms with van der Waals surface area (Å²) in [6.45, 7) is 12.4. The number of rotatable bonds is 26. The van der Waals surface area contributed by atoms with E-state index in [4.69, 9.17) is 18.6 Å². The standard InChI is InChI=1S/C39H62O5/c1-6-8-10-12-14-16-18-20-28-42-37-35-26-25-34(41-30-27-33(5)24-22-23-32(3)4)31-36(35)44-39(40)38(37)43-29-21-19-17-15-13-11-9-7-2/h23,25-27,31H,6-22,24,28-30H2,1-5H3. The third kappa shape index (κ3) is 15.9. The van der Waals surface area contributed by atoms with Crippen LogP contribution in [0, 0.1) is 0 Å². The Morgan fingerprint density at radius 2 is 1.23 bits per heavy atom. The number of unbranched alkanes of at least 4 members (excludes halogenated alkanes) is 14. The largest absolute Gasteiger partial charge is 0.489 e. The van der Waals surface area contributed by atoms with Crippen LogP contribution in [-0.2, 0) is 0 Å². The Kier molecular flexibility index (Phi) is 20.2. The van der Waals surface area contributed by atoms with Crippen LogP contribution < -0.4 is 19.8 Å². The fourth-order valence-corrected chi connectivity index (χ4v) is 5.28. The quantitative estimate of drug-likeness (QED) is 0.0602. The van der Waals surface area contributed by atoms with Crippen LogP contribution in [0.1, 0.15) is 150 Å². The van der Waals surface area contributed by atoms with Gasteiger partial charge in [-0.3, -0.25) is 0 Å². The lowest BCUT2D eigenvalue weighted by atomic mass is 10.1. The maximum absolute atomic E-state index is 13.1. The van der Waals surface area contributed by atoms with Crippen LogP contribution in [0.2, 0.25) is 0 Å². The van der Waals surface area contributed by atoms with Crippen molar-refractivity contribution in [3.05, 3.63) is 51.9 Å². The molecule has 1 heterocycles. The summed E-state index contributed by atoms with van der Waals surface area (Å²) in [4.78, 5) is 13.1. The van der Waals surface area contributed by atoms with Crippen LogP contribution in [0.5, 0.6) is 17.2 Å². The van der Waals surface area contributed by atoms with Crippen LogP contribution in [0.25, 0.3) is 11.0 Å². The molecule has 0 fully saturated rings. The minimum atomic E-state index is -0.491. The molecule has 0 radical (unpaired) electrons. The molecule has 5 nitrogen and oxygen atoms in total. The van der Waals surface area contributed by atoms with Gasteiger partial charge in [0.25, 0.3) is 0 Å². The minimum absolute atomic E-state index is 0.198. The third-order valence-corrected chi connectivity index (χ3v) is 8.05. The lowest BCUT2D eigenvalue weighted by molar-refractivity contribution is 0.250. The van der Waals surface area contributed by atoms with E-state index in [0.29, 0.717) is 36.9 Å². The molecule has 0 saturated heterocycles. The van der Waals surface area contributed by atoms with Gasteiger partial charge < -0.3 is 18.6 Å². The third-order valence-electron chi connectivity index (χ3n) is 8.05. The predicted molar refractivity (Wildman–Crippen MR) is 187 cm³/mol. The number of fused-ring (bicyclic) bond motifs is 1. The first-order valence-electron chi connectivity index (χ1n) is 17.7. The van der Waals surface area contributed by atoms with Crippen LogP contribution >= 0.6 is 0 Å². The Labute approximate surface area is 268 Å². The van der Waals surface area contributed by atoms with E-state index in [2.05, 4.69) is 46.8 Å². The van der Waals surface area contributed by atoms with Gasteiger partial charge in [0.1, 0.15) is 17.9 Å². The topological polar surface area (TPSA) is 57.9 Å². The van der Waals surface area contributed by atoms with Crippen molar-refractivity contribution in [3.8, 4) is 17.2 Å². The maximum Gasteiger partial charge on any atom is 0.383 e. The number of allylic oxidation sites excluding steroid dienone is 3. The predicted octanol–water partition coefficient (Wildman–Crippen LogP) is 11.9. The molecule has 0 amide bonds. The second kappa shape index (κ2) is 23.7. The molecule has 0 unspecified atom stereocenters.